The summed E-state index contributed by atoms with van der Waals surface area (Å²) in [7, 11) is -2.61. The molecule has 6 nitrogen and oxygen atoms in total. The fraction of sp³-hybridized carbons (Fsp3) is 0.143. The summed E-state index contributed by atoms with van der Waals surface area (Å²) >= 11 is 1.15. The number of nitrogens with one attached hydrogen (secondary N) is 1. The molecular formula is C21H16F3N3O3S2. The van der Waals surface area contributed by atoms with Crippen LogP contribution in [0.1, 0.15) is 11.1 Å². The van der Waals surface area contributed by atoms with Crippen LogP contribution in [0.25, 0.3) is 22.0 Å². The topological polar surface area (TPSA) is 81.2 Å². The van der Waals surface area contributed by atoms with E-state index in [0.29, 0.717) is 27.6 Å². The number of hydrogen-bond acceptors (Lipinski definition) is 6. The molecule has 4 aromatic rings. The largest absolute Gasteiger partial charge is 0.496 e. The van der Waals surface area contributed by atoms with E-state index in [1.807, 2.05) is 0 Å². The molecule has 0 atom stereocenters. The van der Waals surface area contributed by atoms with Gasteiger partial charge in [-0.2, -0.15) is 13.2 Å². The zero-order chi connectivity index (χ0) is 23.1. The van der Waals surface area contributed by atoms with Crippen molar-refractivity contribution in [3.05, 3.63) is 65.3 Å². The smallest absolute Gasteiger partial charge is 0.416 e. The number of rotatable bonds is 5. The number of anilines is 1. The summed E-state index contributed by atoms with van der Waals surface area (Å²) < 4.78 is 72.6. The van der Waals surface area contributed by atoms with Gasteiger partial charge in [-0.05, 0) is 48.4 Å². The monoisotopic (exact) mass is 479 g/mol. The Morgan fingerprint density at radius 3 is 2.47 bits per heavy atom. The van der Waals surface area contributed by atoms with Gasteiger partial charge in [0, 0.05) is 28.7 Å². The number of alkyl halides is 3. The van der Waals surface area contributed by atoms with Crippen LogP contribution in [-0.4, -0.2) is 25.5 Å². The Hall–Kier alpha value is -3.18. The molecule has 32 heavy (non-hydrogen) atoms. The molecule has 0 saturated heterocycles. The van der Waals surface area contributed by atoms with Crippen LogP contribution in [0.2, 0.25) is 0 Å². The molecule has 0 aliphatic heterocycles. The van der Waals surface area contributed by atoms with Crippen molar-refractivity contribution in [1.82, 2.24) is 9.97 Å². The number of thiazole rings is 1. The third-order valence-corrected chi connectivity index (χ3v) is 6.93. The van der Waals surface area contributed by atoms with Gasteiger partial charge in [0.25, 0.3) is 10.0 Å². The number of sulfonamides is 1. The van der Waals surface area contributed by atoms with E-state index in [2.05, 4.69) is 14.7 Å². The summed E-state index contributed by atoms with van der Waals surface area (Å²) in [4.78, 5) is 8.21. The van der Waals surface area contributed by atoms with Crippen molar-refractivity contribution < 1.29 is 26.3 Å². The van der Waals surface area contributed by atoms with E-state index in [1.165, 1.54) is 37.7 Å². The fourth-order valence-electron chi connectivity index (χ4n) is 3.38. The molecule has 0 fully saturated rings. The Labute approximate surface area is 185 Å². The first-order chi connectivity index (χ1) is 15.1. The fourth-order valence-corrected chi connectivity index (χ4v) is 5.27. The van der Waals surface area contributed by atoms with Crippen LogP contribution >= 0.6 is 11.3 Å². The molecule has 0 amide bonds. The average Bonchev–Trinajstić information content (AvgIpc) is 3.24. The summed E-state index contributed by atoms with van der Waals surface area (Å²) in [6, 6.07) is 7.81. The molecule has 0 aliphatic rings. The van der Waals surface area contributed by atoms with Crippen LogP contribution in [-0.2, 0) is 16.2 Å². The van der Waals surface area contributed by atoms with Crippen molar-refractivity contribution in [3.8, 4) is 16.9 Å². The van der Waals surface area contributed by atoms with E-state index in [0.717, 1.165) is 23.5 Å². The van der Waals surface area contributed by atoms with Gasteiger partial charge < -0.3 is 4.74 Å². The van der Waals surface area contributed by atoms with Crippen molar-refractivity contribution in [2.24, 2.45) is 0 Å². The second kappa shape index (κ2) is 8.06. The zero-order valence-corrected chi connectivity index (χ0v) is 18.4. The highest BCUT2D eigenvalue weighted by molar-refractivity contribution is 7.93. The Kier molecular flexibility index (Phi) is 5.55. The molecule has 0 aliphatic carbocycles. The highest BCUT2D eigenvalue weighted by Gasteiger charge is 2.31. The molecule has 1 N–H and O–H groups in total. The molecule has 0 saturated carbocycles. The van der Waals surface area contributed by atoms with Gasteiger partial charge in [-0.1, -0.05) is 6.07 Å². The number of nitrogens with zero attached hydrogens (tertiary/aromatic N) is 2. The summed E-state index contributed by atoms with van der Waals surface area (Å²) in [5, 5.41) is 2.49. The van der Waals surface area contributed by atoms with Crippen molar-refractivity contribution in [3.63, 3.8) is 0 Å². The molecule has 11 heteroatoms. The number of benzene rings is 2. The standard InChI is InChI=1S/C21H16F3N3O3S2/c1-12-9-14(32(28,29)27-20-26-7-8-31-20)11-17-19(12)16(5-6-25-17)15-4-3-13(21(22,23)24)10-18(15)30-2/h3-11H,1-2H3,(H,26,27). The molecule has 0 bridgehead atoms. The molecular weight excluding hydrogens is 463 g/mol. The Balaban J connectivity index is 1.85. The van der Waals surface area contributed by atoms with Crippen LogP contribution in [0, 0.1) is 6.92 Å². The second-order valence-electron chi connectivity index (χ2n) is 6.85. The minimum Gasteiger partial charge on any atom is -0.496 e. The molecule has 2 heterocycles. The summed E-state index contributed by atoms with van der Waals surface area (Å²) in [6.45, 7) is 1.71. The normalized spacial score (nSPS) is 12.2. The third-order valence-electron chi connectivity index (χ3n) is 4.80. The van der Waals surface area contributed by atoms with Crippen molar-refractivity contribution in [1.29, 1.82) is 0 Å². The van der Waals surface area contributed by atoms with E-state index in [1.54, 1.807) is 18.4 Å². The first-order valence-corrected chi connectivity index (χ1v) is 11.5. The maximum atomic E-state index is 13.1. The second-order valence-corrected chi connectivity index (χ2v) is 9.43. The highest BCUT2D eigenvalue weighted by Crippen LogP contribution is 2.40. The maximum absolute atomic E-state index is 13.1. The van der Waals surface area contributed by atoms with Crippen LogP contribution in [0.5, 0.6) is 5.75 Å². The minimum atomic E-state index is -4.50. The van der Waals surface area contributed by atoms with Crippen LogP contribution < -0.4 is 9.46 Å². The lowest BCUT2D eigenvalue weighted by Crippen LogP contribution is -2.13. The lowest BCUT2D eigenvalue weighted by atomic mass is 9.96. The van der Waals surface area contributed by atoms with Crippen LogP contribution in [0.3, 0.4) is 0 Å². The van der Waals surface area contributed by atoms with E-state index in [-0.39, 0.29) is 15.8 Å². The van der Waals surface area contributed by atoms with Gasteiger partial charge in [0.15, 0.2) is 5.13 Å². The first kappa shape index (κ1) is 22.0. The summed E-state index contributed by atoms with van der Waals surface area (Å²) in [5.41, 5.74) is 1.16. The van der Waals surface area contributed by atoms with E-state index < -0.39 is 21.8 Å². The molecule has 4 rings (SSSR count). The third kappa shape index (κ3) is 4.13. The molecule has 166 valence electrons. The molecule has 2 aromatic carbocycles. The molecule has 0 spiro atoms. The predicted molar refractivity (Wildman–Crippen MR) is 116 cm³/mol. The minimum absolute atomic E-state index is 0.00161. The van der Waals surface area contributed by atoms with Gasteiger partial charge in [0.05, 0.1) is 23.1 Å². The van der Waals surface area contributed by atoms with Crippen molar-refractivity contribution >= 4 is 37.4 Å². The maximum Gasteiger partial charge on any atom is 0.416 e. The number of aryl methyl sites for hydroxylation is 1. The number of ether oxygens (including phenoxy) is 1. The Morgan fingerprint density at radius 1 is 1.03 bits per heavy atom. The SMILES string of the molecule is COc1cc(C(F)(F)F)ccc1-c1ccnc2cc(S(=O)(=O)Nc3nccs3)cc(C)c12. The number of aromatic nitrogens is 2. The number of methoxy groups -OCH3 is 1. The molecule has 0 radical (unpaired) electrons. The summed E-state index contributed by atoms with van der Waals surface area (Å²) in [5.74, 6) is 0.0499. The zero-order valence-electron chi connectivity index (χ0n) is 16.8. The van der Waals surface area contributed by atoms with Crippen molar-refractivity contribution in [2.45, 2.75) is 18.0 Å². The predicted octanol–water partition coefficient (Wildman–Crippen LogP) is 5.49. The Bertz CT molecular complexity index is 1400. The summed E-state index contributed by atoms with van der Waals surface area (Å²) in [6.07, 6.45) is -1.55. The van der Waals surface area contributed by atoms with Gasteiger partial charge in [-0.15, -0.1) is 11.3 Å². The van der Waals surface area contributed by atoms with E-state index in [4.69, 9.17) is 4.74 Å². The van der Waals surface area contributed by atoms with E-state index in [9.17, 15) is 21.6 Å². The molecule has 2 aromatic heterocycles. The van der Waals surface area contributed by atoms with Gasteiger partial charge in [0.2, 0.25) is 0 Å². The lowest BCUT2D eigenvalue weighted by molar-refractivity contribution is -0.137. The quantitative estimate of drug-likeness (QED) is 0.409. The lowest BCUT2D eigenvalue weighted by Gasteiger charge is -2.16. The first-order valence-electron chi connectivity index (χ1n) is 9.17. The Morgan fingerprint density at radius 2 is 1.81 bits per heavy atom. The van der Waals surface area contributed by atoms with Gasteiger partial charge in [-0.3, -0.25) is 9.71 Å². The molecule has 0 unspecified atom stereocenters. The average molecular weight is 480 g/mol. The highest BCUT2D eigenvalue weighted by atomic mass is 32.2. The number of halogens is 3. The van der Waals surface area contributed by atoms with Crippen LogP contribution in [0.4, 0.5) is 18.3 Å². The van der Waals surface area contributed by atoms with Crippen LogP contribution in [0.15, 0.2) is 59.1 Å². The van der Waals surface area contributed by atoms with Gasteiger partial charge in [-0.25, -0.2) is 13.4 Å². The van der Waals surface area contributed by atoms with Crippen molar-refractivity contribution in [2.75, 3.05) is 11.8 Å². The van der Waals surface area contributed by atoms with Gasteiger partial charge >= 0.3 is 6.18 Å². The number of fused-ring (bicyclic) bond motifs is 1. The van der Waals surface area contributed by atoms with E-state index >= 15 is 0 Å². The van der Waals surface area contributed by atoms with Gasteiger partial charge in [0.1, 0.15) is 5.75 Å². The number of hydrogen-bond donors (Lipinski definition) is 1. The number of pyridine rings is 1.